The molecule has 1 saturated heterocycles. The first-order valence-electron chi connectivity index (χ1n) is 12.8. The van der Waals surface area contributed by atoms with Crippen molar-refractivity contribution in [2.24, 2.45) is 0 Å². The molecule has 1 aliphatic heterocycles. The summed E-state index contributed by atoms with van der Waals surface area (Å²) in [7, 11) is -4.07. The highest BCUT2D eigenvalue weighted by Crippen LogP contribution is 2.31. The Morgan fingerprint density at radius 2 is 1.28 bits per heavy atom. The van der Waals surface area contributed by atoms with Crippen LogP contribution in [-0.2, 0) is 58.7 Å². The van der Waals surface area contributed by atoms with Gasteiger partial charge in [-0.2, -0.15) is 8.42 Å². The normalized spacial score (nSPS) is 21.5. The Balaban J connectivity index is 1.82. The first kappa shape index (κ1) is 33.0. The Labute approximate surface area is 247 Å². The molecule has 0 N–H and O–H groups in total. The molecule has 2 aromatic rings. The Bertz CT molecular complexity index is 1420. The average molecular weight is 623 g/mol. The van der Waals surface area contributed by atoms with Crippen molar-refractivity contribution >= 4 is 40.3 Å². The lowest BCUT2D eigenvalue weighted by Gasteiger charge is -2.43. The summed E-state index contributed by atoms with van der Waals surface area (Å²) >= 11 is 0. The van der Waals surface area contributed by atoms with Crippen LogP contribution in [0.1, 0.15) is 43.6 Å². The molecule has 1 heterocycles. The van der Waals surface area contributed by atoms with Crippen LogP contribution >= 0.6 is 0 Å². The molecule has 2 aromatic carbocycles. The predicted molar refractivity (Wildman–Crippen MR) is 144 cm³/mol. The van der Waals surface area contributed by atoms with Crippen molar-refractivity contribution in [3.8, 4) is 11.5 Å². The maximum Gasteiger partial charge on any atom is 0.313 e. The van der Waals surface area contributed by atoms with Gasteiger partial charge in [0.25, 0.3) is 0 Å². The van der Waals surface area contributed by atoms with Gasteiger partial charge in [-0.1, -0.05) is 12.1 Å². The summed E-state index contributed by atoms with van der Waals surface area (Å²) in [5.41, 5.74) is 0.690. The lowest BCUT2D eigenvalue weighted by Crippen LogP contribution is -2.63. The van der Waals surface area contributed by atoms with Crippen LogP contribution in [0.2, 0.25) is 0 Å². The second kappa shape index (κ2) is 14.6. The largest absolute Gasteiger partial charge is 0.463 e. The van der Waals surface area contributed by atoms with E-state index in [0.29, 0.717) is 17.4 Å². The standard InChI is InChI=1S/C28H30O14S/c1-16(30)36-14-24-25(37-17(2)31)26(38-18(3)32)27(39-19(4)33)28(41-24)40-22-9-7-21(8-10-22)15-43(34,35)42-23-11-5-20(13-29)6-12-23/h5-13,24-28H,14-15H2,1-4H3/t24-,25+,26+,27-,28?/m1/s1. The number of carbonyl (C=O) groups is 5. The summed E-state index contributed by atoms with van der Waals surface area (Å²) in [5.74, 6) is -3.35. The number of rotatable bonds is 12. The van der Waals surface area contributed by atoms with E-state index in [-0.39, 0.29) is 11.5 Å². The Morgan fingerprint density at radius 1 is 0.744 bits per heavy atom. The molecule has 1 aliphatic rings. The molecule has 1 fully saturated rings. The predicted octanol–water partition coefficient (Wildman–Crippen LogP) is 1.87. The summed E-state index contributed by atoms with van der Waals surface area (Å²) in [6.45, 7) is 4.03. The van der Waals surface area contributed by atoms with Gasteiger partial charge < -0.3 is 32.6 Å². The number of esters is 4. The van der Waals surface area contributed by atoms with Crippen LogP contribution in [0.15, 0.2) is 48.5 Å². The fourth-order valence-electron chi connectivity index (χ4n) is 4.06. The monoisotopic (exact) mass is 622 g/mol. The van der Waals surface area contributed by atoms with Gasteiger partial charge in [-0.05, 0) is 42.0 Å². The van der Waals surface area contributed by atoms with Crippen LogP contribution in [0.4, 0.5) is 0 Å². The summed E-state index contributed by atoms with van der Waals surface area (Å²) < 4.78 is 63.0. The second-order valence-electron chi connectivity index (χ2n) is 9.30. The zero-order valence-corrected chi connectivity index (χ0v) is 24.4. The van der Waals surface area contributed by atoms with Gasteiger partial charge in [-0.15, -0.1) is 0 Å². The maximum absolute atomic E-state index is 12.5. The van der Waals surface area contributed by atoms with Crippen molar-refractivity contribution in [2.75, 3.05) is 6.61 Å². The molecule has 14 nitrogen and oxygen atoms in total. The molecule has 15 heteroatoms. The van der Waals surface area contributed by atoms with Gasteiger partial charge >= 0.3 is 34.0 Å². The van der Waals surface area contributed by atoms with Crippen molar-refractivity contribution in [1.82, 2.24) is 0 Å². The Kier molecular flexibility index (Phi) is 11.2. The van der Waals surface area contributed by atoms with E-state index >= 15 is 0 Å². The molecule has 0 amide bonds. The highest BCUT2D eigenvalue weighted by atomic mass is 32.2. The summed E-state index contributed by atoms with van der Waals surface area (Å²) in [5, 5.41) is 0. The average Bonchev–Trinajstić information content (AvgIpc) is 2.91. The van der Waals surface area contributed by atoms with Crippen LogP contribution in [0.3, 0.4) is 0 Å². The van der Waals surface area contributed by atoms with E-state index in [9.17, 15) is 32.4 Å². The van der Waals surface area contributed by atoms with E-state index in [1.54, 1.807) is 0 Å². The van der Waals surface area contributed by atoms with Crippen LogP contribution in [0.5, 0.6) is 11.5 Å². The van der Waals surface area contributed by atoms with Gasteiger partial charge in [0.05, 0.1) is 0 Å². The minimum absolute atomic E-state index is 0.0363. The van der Waals surface area contributed by atoms with Gasteiger partial charge in [0, 0.05) is 33.3 Å². The number of benzene rings is 2. The number of hydrogen-bond donors (Lipinski definition) is 0. The zero-order valence-electron chi connectivity index (χ0n) is 23.6. The Hall–Kier alpha value is -4.50. The number of aldehydes is 1. The van der Waals surface area contributed by atoms with E-state index in [1.165, 1.54) is 48.5 Å². The highest BCUT2D eigenvalue weighted by Gasteiger charge is 2.53. The van der Waals surface area contributed by atoms with Gasteiger partial charge in [-0.25, -0.2) is 0 Å². The van der Waals surface area contributed by atoms with E-state index in [0.717, 1.165) is 27.7 Å². The molecule has 3 rings (SSSR count). The van der Waals surface area contributed by atoms with Crippen molar-refractivity contribution < 1.29 is 65.0 Å². The smallest absolute Gasteiger partial charge is 0.313 e. The fraction of sp³-hybridized carbons (Fsp3) is 0.393. The fourth-order valence-corrected chi connectivity index (χ4v) is 5.13. The van der Waals surface area contributed by atoms with E-state index in [2.05, 4.69) is 0 Å². The third-order valence-corrected chi connectivity index (χ3v) is 6.84. The van der Waals surface area contributed by atoms with Gasteiger partial charge in [-0.3, -0.25) is 24.0 Å². The molecule has 1 unspecified atom stereocenters. The van der Waals surface area contributed by atoms with E-state index in [4.69, 9.17) is 32.6 Å². The van der Waals surface area contributed by atoms with Crippen molar-refractivity contribution in [3.05, 3.63) is 59.7 Å². The topological polar surface area (TPSA) is 184 Å². The van der Waals surface area contributed by atoms with E-state index < -0.39 is 77.1 Å². The lowest BCUT2D eigenvalue weighted by molar-refractivity contribution is -0.288. The van der Waals surface area contributed by atoms with Crippen molar-refractivity contribution in [3.63, 3.8) is 0 Å². The molecule has 5 atom stereocenters. The highest BCUT2D eigenvalue weighted by molar-refractivity contribution is 7.86. The molecule has 0 aromatic heterocycles. The van der Waals surface area contributed by atoms with Crippen LogP contribution in [0, 0.1) is 0 Å². The first-order chi connectivity index (χ1) is 20.3. The third-order valence-electron chi connectivity index (χ3n) is 5.71. The molecule has 0 saturated carbocycles. The molecule has 0 aliphatic carbocycles. The molecular weight excluding hydrogens is 592 g/mol. The van der Waals surface area contributed by atoms with Crippen LogP contribution in [0.25, 0.3) is 0 Å². The molecular formula is C28H30O14S. The maximum atomic E-state index is 12.5. The van der Waals surface area contributed by atoms with Crippen molar-refractivity contribution in [2.45, 2.75) is 64.2 Å². The minimum atomic E-state index is -4.07. The first-order valence-corrected chi connectivity index (χ1v) is 14.4. The summed E-state index contributed by atoms with van der Waals surface area (Å²) in [4.78, 5) is 58.1. The van der Waals surface area contributed by atoms with Crippen LogP contribution in [-0.4, -0.2) is 75.9 Å². The molecule has 0 spiro atoms. The third kappa shape index (κ3) is 10.1. The number of ether oxygens (including phenoxy) is 6. The SMILES string of the molecule is CC(=O)OC[C@H]1OC(Oc2ccc(CS(=O)(=O)Oc3ccc(C=O)cc3)cc2)[C@H](OC(C)=O)[C@@H](OC(C)=O)[C@H]1OC(C)=O. The van der Waals surface area contributed by atoms with Gasteiger partial charge in [0.1, 0.15) is 36.2 Å². The lowest BCUT2D eigenvalue weighted by atomic mass is 9.98. The molecule has 43 heavy (non-hydrogen) atoms. The number of hydrogen-bond acceptors (Lipinski definition) is 14. The summed E-state index contributed by atoms with van der Waals surface area (Å²) in [6, 6.07) is 11.2. The Morgan fingerprint density at radius 3 is 1.81 bits per heavy atom. The number of carbonyl (C=O) groups excluding carboxylic acids is 5. The van der Waals surface area contributed by atoms with E-state index in [1.807, 2.05) is 0 Å². The minimum Gasteiger partial charge on any atom is -0.463 e. The molecule has 232 valence electrons. The molecule has 0 radical (unpaired) electrons. The van der Waals surface area contributed by atoms with Gasteiger partial charge in [0.15, 0.2) is 12.2 Å². The zero-order chi connectivity index (χ0) is 31.7. The van der Waals surface area contributed by atoms with Gasteiger partial charge in [0.2, 0.25) is 12.4 Å². The van der Waals surface area contributed by atoms with Crippen LogP contribution < -0.4 is 8.92 Å². The summed E-state index contributed by atoms with van der Waals surface area (Å²) in [6.07, 6.45) is -6.22. The second-order valence-corrected chi connectivity index (χ2v) is 10.9. The van der Waals surface area contributed by atoms with Crippen molar-refractivity contribution in [1.29, 1.82) is 0 Å². The quantitative estimate of drug-likeness (QED) is 0.145. The molecule has 0 bridgehead atoms.